The number of nitrogens with two attached hydrogens (primary N) is 1. The summed E-state index contributed by atoms with van der Waals surface area (Å²) in [5.41, 5.74) is 7.20. The Labute approximate surface area is 92.5 Å². The SMILES string of the molecule is CC(CC1CO1)n1cnc2c(N)ncnc21. The molecule has 0 bridgehead atoms. The third-order valence-electron chi connectivity index (χ3n) is 2.87. The van der Waals surface area contributed by atoms with E-state index in [1.165, 1.54) is 6.33 Å². The minimum absolute atomic E-state index is 0.312. The fourth-order valence-corrected chi connectivity index (χ4v) is 1.89. The maximum Gasteiger partial charge on any atom is 0.165 e. The molecule has 2 N–H and O–H groups in total. The van der Waals surface area contributed by atoms with Gasteiger partial charge in [-0.1, -0.05) is 0 Å². The Bertz CT molecular complexity index is 519. The Hall–Kier alpha value is -1.69. The second-order valence-corrected chi connectivity index (χ2v) is 4.12. The number of imidazole rings is 1. The predicted octanol–water partition coefficient (Wildman–Crippen LogP) is 0.758. The van der Waals surface area contributed by atoms with Gasteiger partial charge in [-0.15, -0.1) is 0 Å². The van der Waals surface area contributed by atoms with Crippen molar-refractivity contribution in [2.24, 2.45) is 0 Å². The molecule has 0 aromatic carbocycles. The Morgan fingerprint density at radius 2 is 2.38 bits per heavy atom. The third-order valence-corrected chi connectivity index (χ3v) is 2.87. The number of nitrogens with zero attached hydrogens (tertiary/aromatic N) is 4. The molecule has 16 heavy (non-hydrogen) atoms. The van der Waals surface area contributed by atoms with Crippen LogP contribution in [-0.2, 0) is 4.74 Å². The Balaban J connectivity index is 1.99. The number of fused-ring (bicyclic) bond motifs is 1. The molecule has 1 saturated heterocycles. The fourth-order valence-electron chi connectivity index (χ4n) is 1.89. The average molecular weight is 219 g/mol. The summed E-state index contributed by atoms with van der Waals surface area (Å²) < 4.78 is 7.24. The molecular weight excluding hydrogens is 206 g/mol. The smallest absolute Gasteiger partial charge is 0.165 e. The van der Waals surface area contributed by atoms with Crippen LogP contribution in [0.5, 0.6) is 0 Å². The lowest BCUT2D eigenvalue weighted by Crippen LogP contribution is -2.07. The van der Waals surface area contributed by atoms with Crippen LogP contribution in [0.3, 0.4) is 0 Å². The van der Waals surface area contributed by atoms with Gasteiger partial charge in [0.25, 0.3) is 0 Å². The van der Waals surface area contributed by atoms with Crippen molar-refractivity contribution in [3.63, 3.8) is 0 Å². The number of hydrogen-bond acceptors (Lipinski definition) is 5. The number of aromatic nitrogens is 4. The van der Waals surface area contributed by atoms with Crippen LogP contribution in [0, 0.1) is 0 Å². The van der Waals surface area contributed by atoms with E-state index in [2.05, 4.69) is 21.9 Å². The van der Waals surface area contributed by atoms with Gasteiger partial charge in [-0.3, -0.25) is 0 Å². The molecule has 1 aliphatic rings. The summed E-state index contributed by atoms with van der Waals surface area (Å²) in [4.78, 5) is 12.4. The average Bonchev–Trinajstić information content (AvgIpc) is 2.96. The molecule has 6 heteroatoms. The van der Waals surface area contributed by atoms with Crippen molar-refractivity contribution >= 4 is 17.0 Å². The standard InChI is InChI=1S/C10H13N5O/c1-6(2-7-3-16-7)15-5-14-8-9(11)12-4-13-10(8)15/h4-7H,2-3H2,1H3,(H2,11,12,13). The Morgan fingerprint density at radius 3 is 3.12 bits per heavy atom. The van der Waals surface area contributed by atoms with E-state index in [1.807, 2.05) is 4.57 Å². The molecule has 0 aliphatic carbocycles. The van der Waals surface area contributed by atoms with Crippen LogP contribution in [0.2, 0.25) is 0 Å². The van der Waals surface area contributed by atoms with Crippen LogP contribution in [0.25, 0.3) is 11.2 Å². The molecular formula is C10H13N5O. The summed E-state index contributed by atoms with van der Waals surface area (Å²) in [7, 11) is 0. The van der Waals surface area contributed by atoms with Crippen molar-refractivity contribution in [2.75, 3.05) is 12.3 Å². The lowest BCUT2D eigenvalue weighted by molar-refractivity contribution is 0.361. The molecule has 0 amide bonds. The summed E-state index contributed by atoms with van der Waals surface area (Å²) in [6, 6.07) is 0.312. The Kier molecular flexibility index (Phi) is 2.03. The number of nitrogen functional groups attached to an aromatic ring is 1. The molecule has 3 heterocycles. The van der Waals surface area contributed by atoms with E-state index in [4.69, 9.17) is 10.5 Å². The van der Waals surface area contributed by atoms with Crippen LogP contribution >= 0.6 is 0 Å². The van der Waals surface area contributed by atoms with E-state index in [-0.39, 0.29) is 0 Å². The molecule has 2 unspecified atom stereocenters. The van der Waals surface area contributed by atoms with Gasteiger partial charge in [0, 0.05) is 6.04 Å². The maximum atomic E-state index is 5.73. The molecule has 0 spiro atoms. The minimum Gasteiger partial charge on any atom is -0.382 e. The highest BCUT2D eigenvalue weighted by molar-refractivity contribution is 5.81. The van der Waals surface area contributed by atoms with E-state index in [1.54, 1.807) is 6.33 Å². The maximum absolute atomic E-state index is 5.73. The molecule has 1 aliphatic heterocycles. The van der Waals surface area contributed by atoms with Crippen molar-refractivity contribution in [3.8, 4) is 0 Å². The largest absolute Gasteiger partial charge is 0.382 e. The fraction of sp³-hybridized carbons (Fsp3) is 0.500. The summed E-state index contributed by atoms with van der Waals surface area (Å²) in [6.45, 7) is 3.00. The van der Waals surface area contributed by atoms with Crippen LogP contribution in [-0.4, -0.2) is 32.2 Å². The number of epoxide rings is 1. The highest BCUT2D eigenvalue weighted by atomic mass is 16.6. The van der Waals surface area contributed by atoms with Crippen molar-refractivity contribution in [2.45, 2.75) is 25.5 Å². The van der Waals surface area contributed by atoms with E-state index in [9.17, 15) is 0 Å². The summed E-state index contributed by atoms with van der Waals surface area (Å²) in [5, 5.41) is 0. The van der Waals surface area contributed by atoms with E-state index in [0.717, 1.165) is 18.7 Å². The first-order chi connectivity index (χ1) is 7.75. The van der Waals surface area contributed by atoms with E-state index in [0.29, 0.717) is 23.5 Å². The van der Waals surface area contributed by atoms with Gasteiger partial charge in [-0.25, -0.2) is 15.0 Å². The van der Waals surface area contributed by atoms with Crippen LogP contribution < -0.4 is 5.73 Å². The first-order valence-corrected chi connectivity index (χ1v) is 5.30. The predicted molar refractivity (Wildman–Crippen MR) is 58.8 cm³/mol. The first kappa shape index (κ1) is 9.53. The van der Waals surface area contributed by atoms with Crippen molar-refractivity contribution < 1.29 is 4.74 Å². The zero-order valence-corrected chi connectivity index (χ0v) is 9.00. The van der Waals surface area contributed by atoms with Crippen molar-refractivity contribution in [3.05, 3.63) is 12.7 Å². The second-order valence-electron chi connectivity index (χ2n) is 4.12. The number of rotatable bonds is 3. The first-order valence-electron chi connectivity index (χ1n) is 5.30. The van der Waals surface area contributed by atoms with Gasteiger partial charge >= 0.3 is 0 Å². The monoisotopic (exact) mass is 219 g/mol. The van der Waals surface area contributed by atoms with Gasteiger partial charge in [0.05, 0.1) is 19.0 Å². The van der Waals surface area contributed by atoms with Gasteiger partial charge in [0.2, 0.25) is 0 Å². The van der Waals surface area contributed by atoms with Gasteiger partial charge in [0.1, 0.15) is 11.8 Å². The van der Waals surface area contributed by atoms with Gasteiger partial charge in [0.15, 0.2) is 11.5 Å². The molecule has 2 atom stereocenters. The van der Waals surface area contributed by atoms with Crippen LogP contribution in [0.15, 0.2) is 12.7 Å². The highest BCUT2D eigenvalue weighted by Gasteiger charge is 2.26. The molecule has 2 aromatic heterocycles. The number of ether oxygens (including phenoxy) is 1. The lowest BCUT2D eigenvalue weighted by Gasteiger charge is -2.11. The topological polar surface area (TPSA) is 82.2 Å². The number of hydrogen-bond donors (Lipinski definition) is 1. The van der Waals surface area contributed by atoms with E-state index < -0.39 is 0 Å². The molecule has 0 radical (unpaired) electrons. The molecule has 0 saturated carbocycles. The molecule has 3 rings (SSSR count). The normalized spacial score (nSPS) is 21.2. The Morgan fingerprint density at radius 1 is 1.56 bits per heavy atom. The summed E-state index contributed by atoms with van der Waals surface area (Å²) >= 11 is 0. The quantitative estimate of drug-likeness (QED) is 0.770. The molecule has 2 aromatic rings. The minimum atomic E-state index is 0.312. The molecule has 6 nitrogen and oxygen atoms in total. The summed E-state index contributed by atoms with van der Waals surface area (Å²) in [5.74, 6) is 0.429. The molecule has 84 valence electrons. The number of anilines is 1. The van der Waals surface area contributed by atoms with Gasteiger partial charge in [-0.05, 0) is 13.3 Å². The van der Waals surface area contributed by atoms with Gasteiger partial charge < -0.3 is 15.0 Å². The van der Waals surface area contributed by atoms with E-state index >= 15 is 0 Å². The lowest BCUT2D eigenvalue weighted by atomic mass is 10.2. The van der Waals surface area contributed by atoms with Crippen molar-refractivity contribution in [1.29, 1.82) is 0 Å². The highest BCUT2D eigenvalue weighted by Crippen LogP contribution is 2.25. The van der Waals surface area contributed by atoms with Crippen LogP contribution in [0.1, 0.15) is 19.4 Å². The molecule has 1 fully saturated rings. The zero-order chi connectivity index (χ0) is 11.1. The van der Waals surface area contributed by atoms with Crippen molar-refractivity contribution in [1.82, 2.24) is 19.5 Å². The zero-order valence-electron chi connectivity index (χ0n) is 9.00. The van der Waals surface area contributed by atoms with Crippen LogP contribution in [0.4, 0.5) is 5.82 Å². The van der Waals surface area contributed by atoms with Gasteiger partial charge in [-0.2, -0.15) is 0 Å². The third kappa shape index (κ3) is 1.51. The summed E-state index contributed by atoms with van der Waals surface area (Å²) in [6.07, 6.45) is 4.61. The second kappa shape index (κ2) is 3.41.